The molecule has 0 N–H and O–H groups in total. The van der Waals surface area contributed by atoms with Crippen molar-refractivity contribution in [1.82, 2.24) is 9.80 Å². The second-order valence-electron chi connectivity index (χ2n) is 2.76. The molecular weight excluding hydrogens is 140 g/mol. The molecular formula is C8H18N2O. The Hall–Kier alpha value is -0.730. The summed E-state index contributed by atoms with van der Waals surface area (Å²) in [7, 11) is 3.56. The molecule has 0 saturated carbocycles. The quantitative estimate of drug-likeness (QED) is 0.609. The molecule has 0 unspecified atom stereocenters. The van der Waals surface area contributed by atoms with Gasteiger partial charge in [-0.15, -0.1) is 0 Å². The number of carbonyl (C=O) groups excluding carboxylic acids is 1. The molecule has 0 heterocycles. The first-order valence-corrected chi connectivity index (χ1v) is 4.09. The highest BCUT2D eigenvalue weighted by Gasteiger charge is 2.10. The van der Waals surface area contributed by atoms with Gasteiger partial charge in [-0.1, -0.05) is 6.92 Å². The molecule has 0 saturated heterocycles. The lowest BCUT2D eigenvalue weighted by atomic mass is 10.4. The summed E-state index contributed by atoms with van der Waals surface area (Å²) in [6.45, 7) is 5.72. The zero-order valence-corrected chi connectivity index (χ0v) is 7.92. The maximum absolute atomic E-state index is 11.3. The van der Waals surface area contributed by atoms with E-state index in [0.29, 0.717) is 0 Å². The summed E-state index contributed by atoms with van der Waals surface area (Å²) in [5.74, 6) is 0. The van der Waals surface area contributed by atoms with Gasteiger partial charge in [0.05, 0.1) is 0 Å². The molecule has 0 aromatic heterocycles. The van der Waals surface area contributed by atoms with Crippen LogP contribution in [0.25, 0.3) is 0 Å². The van der Waals surface area contributed by atoms with Crippen LogP contribution in [0.3, 0.4) is 0 Å². The number of hydrogen-bond acceptors (Lipinski definition) is 1. The molecule has 0 aliphatic heterocycles. The fourth-order valence-electron chi connectivity index (χ4n) is 0.942. The lowest BCUT2D eigenvalue weighted by molar-refractivity contribution is 0.173. The third-order valence-electron chi connectivity index (χ3n) is 1.53. The van der Waals surface area contributed by atoms with E-state index in [9.17, 15) is 4.79 Å². The minimum absolute atomic E-state index is 0.106. The summed E-state index contributed by atoms with van der Waals surface area (Å²) < 4.78 is 0. The van der Waals surface area contributed by atoms with E-state index in [-0.39, 0.29) is 6.03 Å². The summed E-state index contributed by atoms with van der Waals surface area (Å²) in [5.41, 5.74) is 0. The number of carbonyl (C=O) groups is 1. The van der Waals surface area contributed by atoms with Crippen molar-refractivity contribution in [3.63, 3.8) is 0 Å². The smallest absolute Gasteiger partial charge is 0.319 e. The van der Waals surface area contributed by atoms with E-state index in [1.165, 1.54) is 0 Å². The zero-order chi connectivity index (χ0) is 8.85. The number of urea groups is 1. The Morgan fingerprint density at radius 3 is 2.09 bits per heavy atom. The van der Waals surface area contributed by atoms with Crippen LogP contribution in [0.4, 0.5) is 4.79 Å². The van der Waals surface area contributed by atoms with Crippen LogP contribution in [-0.4, -0.2) is 43.0 Å². The molecule has 3 nitrogen and oxygen atoms in total. The summed E-state index contributed by atoms with van der Waals surface area (Å²) >= 11 is 0. The van der Waals surface area contributed by atoms with Crippen LogP contribution in [-0.2, 0) is 0 Å². The first-order valence-electron chi connectivity index (χ1n) is 4.09. The summed E-state index contributed by atoms with van der Waals surface area (Å²) in [6.07, 6.45) is 1.02. The van der Waals surface area contributed by atoms with Gasteiger partial charge in [-0.25, -0.2) is 4.79 Å². The van der Waals surface area contributed by atoms with Crippen LogP contribution in [0.2, 0.25) is 0 Å². The molecule has 0 aromatic carbocycles. The van der Waals surface area contributed by atoms with E-state index in [2.05, 4.69) is 6.92 Å². The molecule has 0 rings (SSSR count). The van der Waals surface area contributed by atoms with E-state index in [1.54, 1.807) is 19.0 Å². The van der Waals surface area contributed by atoms with Crippen molar-refractivity contribution in [3.05, 3.63) is 0 Å². The predicted octanol–water partition coefficient (Wildman–Crippen LogP) is 1.40. The third-order valence-corrected chi connectivity index (χ3v) is 1.53. The van der Waals surface area contributed by atoms with Gasteiger partial charge < -0.3 is 9.80 Å². The second-order valence-corrected chi connectivity index (χ2v) is 2.76. The van der Waals surface area contributed by atoms with E-state index in [4.69, 9.17) is 0 Å². The van der Waals surface area contributed by atoms with Crippen molar-refractivity contribution in [2.24, 2.45) is 0 Å². The Balaban J connectivity index is 3.92. The molecule has 0 radical (unpaired) electrons. The van der Waals surface area contributed by atoms with Crippen molar-refractivity contribution < 1.29 is 4.79 Å². The monoisotopic (exact) mass is 158 g/mol. The molecule has 0 atom stereocenters. The Morgan fingerprint density at radius 1 is 1.27 bits per heavy atom. The first-order chi connectivity index (χ1) is 5.13. The van der Waals surface area contributed by atoms with Gasteiger partial charge in [0.15, 0.2) is 0 Å². The van der Waals surface area contributed by atoms with Gasteiger partial charge in [-0.3, -0.25) is 0 Å². The van der Waals surface area contributed by atoms with Gasteiger partial charge in [-0.2, -0.15) is 0 Å². The Labute approximate surface area is 69.0 Å². The molecule has 2 amide bonds. The van der Waals surface area contributed by atoms with Gasteiger partial charge in [0.1, 0.15) is 0 Å². The van der Waals surface area contributed by atoms with Gasteiger partial charge in [0.25, 0.3) is 0 Å². The average Bonchev–Trinajstić information content (AvgIpc) is 1.98. The van der Waals surface area contributed by atoms with Crippen LogP contribution < -0.4 is 0 Å². The van der Waals surface area contributed by atoms with Gasteiger partial charge >= 0.3 is 6.03 Å². The van der Waals surface area contributed by atoms with Gasteiger partial charge in [0.2, 0.25) is 0 Å². The highest BCUT2D eigenvalue weighted by molar-refractivity contribution is 5.73. The van der Waals surface area contributed by atoms with E-state index in [0.717, 1.165) is 19.5 Å². The van der Waals surface area contributed by atoms with Gasteiger partial charge in [0, 0.05) is 27.2 Å². The number of amides is 2. The lowest BCUT2D eigenvalue weighted by Crippen LogP contribution is -2.39. The zero-order valence-electron chi connectivity index (χ0n) is 7.92. The van der Waals surface area contributed by atoms with E-state index >= 15 is 0 Å². The average molecular weight is 158 g/mol. The Bertz CT molecular complexity index is 123. The minimum atomic E-state index is 0.106. The minimum Gasteiger partial charge on any atom is -0.331 e. The van der Waals surface area contributed by atoms with Crippen LogP contribution in [0.5, 0.6) is 0 Å². The first kappa shape index (κ1) is 10.3. The standard InChI is InChI=1S/C8H18N2O/c1-5-7-10(6-2)8(11)9(3)4/h5-7H2,1-4H3. The predicted molar refractivity (Wildman–Crippen MR) is 46.6 cm³/mol. The maximum atomic E-state index is 11.3. The topological polar surface area (TPSA) is 23.6 Å². The van der Waals surface area contributed by atoms with E-state index < -0.39 is 0 Å². The molecule has 66 valence electrons. The lowest BCUT2D eigenvalue weighted by Gasteiger charge is -2.23. The van der Waals surface area contributed by atoms with Crippen LogP contribution >= 0.6 is 0 Å². The maximum Gasteiger partial charge on any atom is 0.319 e. The molecule has 0 fully saturated rings. The number of rotatable bonds is 3. The molecule has 0 aliphatic carbocycles. The molecule has 0 aliphatic rings. The third kappa shape index (κ3) is 3.25. The van der Waals surface area contributed by atoms with Gasteiger partial charge in [-0.05, 0) is 13.3 Å². The highest BCUT2D eigenvalue weighted by atomic mass is 16.2. The molecule has 0 spiro atoms. The summed E-state index contributed by atoms with van der Waals surface area (Å²) in [6, 6.07) is 0.106. The van der Waals surface area contributed by atoms with Crippen molar-refractivity contribution in [2.75, 3.05) is 27.2 Å². The summed E-state index contributed by atoms with van der Waals surface area (Å²) in [5, 5.41) is 0. The number of hydrogen-bond donors (Lipinski definition) is 0. The highest BCUT2D eigenvalue weighted by Crippen LogP contribution is 1.95. The van der Waals surface area contributed by atoms with Crippen molar-refractivity contribution in [3.8, 4) is 0 Å². The second kappa shape index (κ2) is 4.99. The van der Waals surface area contributed by atoms with Crippen LogP contribution in [0, 0.1) is 0 Å². The summed E-state index contributed by atoms with van der Waals surface area (Å²) in [4.78, 5) is 14.8. The van der Waals surface area contributed by atoms with E-state index in [1.807, 2.05) is 11.8 Å². The van der Waals surface area contributed by atoms with Crippen molar-refractivity contribution in [2.45, 2.75) is 20.3 Å². The van der Waals surface area contributed by atoms with Crippen LogP contribution in [0.15, 0.2) is 0 Å². The molecule has 11 heavy (non-hydrogen) atoms. The normalized spacial score (nSPS) is 9.45. The fraction of sp³-hybridized carbons (Fsp3) is 0.875. The van der Waals surface area contributed by atoms with Crippen LogP contribution in [0.1, 0.15) is 20.3 Å². The molecule has 0 aromatic rings. The molecule has 0 bridgehead atoms. The molecule has 3 heteroatoms. The van der Waals surface area contributed by atoms with Crippen molar-refractivity contribution >= 4 is 6.03 Å². The fourth-order valence-corrected chi connectivity index (χ4v) is 0.942. The Kier molecular flexibility index (Phi) is 4.66. The Morgan fingerprint density at radius 2 is 1.82 bits per heavy atom. The number of nitrogens with zero attached hydrogens (tertiary/aromatic N) is 2. The largest absolute Gasteiger partial charge is 0.331 e. The SMILES string of the molecule is CCCN(CC)C(=O)N(C)C. The van der Waals surface area contributed by atoms with Crippen molar-refractivity contribution in [1.29, 1.82) is 0 Å².